The van der Waals surface area contributed by atoms with Crippen molar-refractivity contribution in [3.05, 3.63) is 376 Å². The summed E-state index contributed by atoms with van der Waals surface area (Å²) >= 11 is 0. The first kappa shape index (κ1) is 55.0. The van der Waals surface area contributed by atoms with E-state index in [1.54, 1.807) is 24.3 Å². The highest BCUT2D eigenvalue weighted by Gasteiger charge is 2.27. The van der Waals surface area contributed by atoms with Gasteiger partial charge in [-0.05, 0) is 83.4 Å². The number of benzene rings is 16. The Kier molecular flexibility index (Phi) is 13.0. The fourth-order valence-corrected chi connectivity index (χ4v) is 16.0. The van der Waals surface area contributed by atoms with E-state index >= 15 is 0 Å². The van der Waals surface area contributed by atoms with Gasteiger partial charge in [0.25, 0.3) is 0 Å². The van der Waals surface area contributed by atoms with Gasteiger partial charge in [-0.3, -0.25) is 0 Å². The summed E-state index contributed by atoms with van der Waals surface area (Å²) in [7, 11) is 0. The van der Waals surface area contributed by atoms with Gasteiger partial charge < -0.3 is 22.4 Å². The molecule has 0 bridgehead atoms. The highest BCUT2D eigenvalue weighted by atomic mass is 16.3. The van der Waals surface area contributed by atoms with Crippen LogP contribution >= 0.6 is 0 Å². The molecule has 0 radical (unpaired) electrons. The highest BCUT2D eigenvalue weighted by Crippen LogP contribution is 2.48. The van der Waals surface area contributed by atoms with Gasteiger partial charge in [0, 0.05) is 115 Å². The number of hydrogen-bond acceptors (Lipinski definition) is 9. The summed E-state index contributed by atoms with van der Waals surface area (Å²) in [4.78, 5) is 30.2. The molecule has 0 fully saturated rings. The summed E-state index contributed by atoms with van der Waals surface area (Å²) in [6.45, 7) is 0. The Morgan fingerprint density at radius 3 is 1.06 bits per heavy atom. The normalized spacial score (nSPS) is 13.0. The fourth-order valence-electron chi connectivity index (χ4n) is 16.0. The van der Waals surface area contributed by atoms with Crippen LogP contribution in [-0.2, 0) is 0 Å². The third-order valence-electron chi connectivity index (χ3n) is 21.1. The number of nitrogens with zero attached hydrogens (tertiary/aromatic N) is 8. The lowest BCUT2D eigenvalue weighted by Gasteiger charge is -2.13. The van der Waals surface area contributed by atoms with Crippen molar-refractivity contribution in [3.63, 3.8) is 0 Å². The maximum Gasteiger partial charge on any atom is 0.164 e. The second kappa shape index (κ2) is 26.7. The molecule has 23 aromatic rings. The molecule has 0 aliphatic carbocycles. The van der Waals surface area contributed by atoms with Crippen LogP contribution in [0.1, 0.15) is 13.7 Å². The first-order valence-corrected chi connectivity index (χ1v) is 37.0. The van der Waals surface area contributed by atoms with E-state index < -0.39 is 48.3 Å². The van der Waals surface area contributed by atoms with Crippen molar-refractivity contribution >= 4 is 109 Å². The molecule has 7 heterocycles. The Morgan fingerprint density at radius 1 is 0.212 bits per heavy atom. The number of para-hydroxylation sites is 5. The topological polar surface area (TPSA) is 127 Å². The molecular weight excluding hydrogens is 1390 g/mol. The predicted molar refractivity (Wildman–Crippen MR) is 459 cm³/mol. The van der Waals surface area contributed by atoms with Crippen molar-refractivity contribution in [1.29, 1.82) is 0 Å². The van der Waals surface area contributed by atoms with E-state index in [1.807, 2.05) is 199 Å². The number of hydrogen-bond donors (Lipinski definition) is 0. The Hall–Kier alpha value is -15.5. The van der Waals surface area contributed by atoms with Crippen LogP contribution in [0.25, 0.3) is 223 Å². The Balaban J connectivity index is 0.000000148. The van der Waals surface area contributed by atoms with E-state index in [4.69, 9.17) is 56.9 Å². The monoisotopic (exact) mass is 1460 g/mol. The maximum atomic E-state index is 9.16. The van der Waals surface area contributed by atoms with Crippen LogP contribution in [0.4, 0.5) is 0 Å². The SMILES string of the molecule is [2H]c1c([2H])c([2H])c(-c2ccc3c4ccccc4n(-c4cc(-c5c([2H])c([2H])c([2H])c([2H])c5[2H])c5oc6cccc(-c7nc(-c8ccccc8)nc(-c8ccccc8)n7)c6c5c4)c3c2)c([2H])c1[2H].c1ccc(-c2nc(-c3ccccc3)nc(-c3cccc4oc5c(-c6cccc7c6oc6ccccc67)cc(-n6c7ccccc7c7ccccc76)cc5c34)n2)cc1. The van der Waals surface area contributed by atoms with Crippen LogP contribution in [0.3, 0.4) is 0 Å². The molecule has 11 nitrogen and oxygen atoms in total. The van der Waals surface area contributed by atoms with E-state index in [9.17, 15) is 0 Å². The minimum absolute atomic E-state index is 0.0440. The number of furan rings is 3. The first-order chi connectivity index (χ1) is 60.2. The molecule has 0 unspecified atom stereocenters. The van der Waals surface area contributed by atoms with Crippen molar-refractivity contribution in [2.75, 3.05) is 0 Å². The molecule has 0 atom stereocenters. The van der Waals surface area contributed by atoms with Gasteiger partial charge in [-0.15, -0.1) is 0 Å². The van der Waals surface area contributed by atoms with Gasteiger partial charge in [0.05, 0.1) is 35.8 Å². The zero-order valence-electron chi connectivity index (χ0n) is 69.8. The zero-order chi connectivity index (χ0) is 83.2. The molecule has 16 aromatic carbocycles. The molecule has 0 saturated carbocycles. The van der Waals surface area contributed by atoms with Gasteiger partial charge in [0.1, 0.15) is 33.5 Å². The first-order valence-electron chi connectivity index (χ1n) is 42.0. The van der Waals surface area contributed by atoms with Gasteiger partial charge in [0.15, 0.2) is 34.9 Å². The molecule has 113 heavy (non-hydrogen) atoms. The summed E-state index contributed by atoms with van der Waals surface area (Å²) in [5, 5.41) is 9.20. The van der Waals surface area contributed by atoms with Gasteiger partial charge in [-0.25, -0.2) is 29.9 Å². The molecule has 7 aromatic heterocycles. The Morgan fingerprint density at radius 2 is 0.566 bits per heavy atom. The van der Waals surface area contributed by atoms with E-state index in [0.29, 0.717) is 73.6 Å². The van der Waals surface area contributed by atoms with Gasteiger partial charge in [0.2, 0.25) is 0 Å². The van der Waals surface area contributed by atoms with E-state index in [2.05, 4.69) is 102 Å². The standard InChI is InChI=1S/C51H30N4O2.C51H32N4O/c1-3-15-31(16-4-1)49-52-50(32-17-5-2-6-18-32)54-51(53-49)39-24-14-28-45-46(39)41-30-33(55-42-25-10-7-19-34(42)35-20-8-11-26-43(35)55)29-40(48(41)57-45)38-23-13-22-37-36-21-9-12-27-44(36)56-47(37)38;1-5-16-33(17-6-1)37-28-29-40-39-24-13-14-26-44(39)55(45(40)30-37)38-31-42(34-18-7-2-8-19-34)48-43(32-38)47-41(25-15-27-46(47)56-48)51-53-49(35-20-9-3-10-21-35)52-50(54-51)36-22-11-4-12-23-36/h1-30H;1-32H/i;1D,2D,5D,6D,7D,8D,16D,17D,18D,19D. The molecule has 0 amide bonds. The fraction of sp³-hybridized carbons (Fsp3) is 0. The van der Waals surface area contributed by atoms with Crippen LogP contribution < -0.4 is 0 Å². The predicted octanol–water partition coefficient (Wildman–Crippen LogP) is 26.6. The van der Waals surface area contributed by atoms with Gasteiger partial charge >= 0.3 is 0 Å². The molecule has 528 valence electrons. The van der Waals surface area contributed by atoms with Crippen LogP contribution in [0, 0.1) is 0 Å². The Labute approximate surface area is 661 Å². The zero-order valence-corrected chi connectivity index (χ0v) is 59.8. The molecule has 0 N–H and O–H groups in total. The lowest BCUT2D eigenvalue weighted by atomic mass is 9.97. The van der Waals surface area contributed by atoms with Crippen molar-refractivity contribution < 1.29 is 27.0 Å². The summed E-state index contributed by atoms with van der Waals surface area (Å²) in [5.74, 6) is 3.03. The number of rotatable bonds is 11. The number of fused-ring (bicyclic) bond motifs is 15. The average molecular weight is 1460 g/mol. The van der Waals surface area contributed by atoms with Crippen molar-refractivity contribution in [2.24, 2.45) is 0 Å². The highest BCUT2D eigenvalue weighted by molar-refractivity contribution is 6.20. The summed E-state index contributed by atoms with van der Waals surface area (Å²) in [6.07, 6.45) is 0. The molecule has 0 spiro atoms. The second-order valence-corrected chi connectivity index (χ2v) is 27.6. The molecule has 0 saturated heterocycles. The molecular formula is C102H62N8O3. The summed E-state index contributed by atoms with van der Waals surface area (Å²) in [5.41, 5.74) is 16.3. The maximum absolute atomic E-state index is 9.16. The molecule has 0 aliphatic rings. The summed E-state index contributed by atoms with van der Waals surface area (Å²) in [6, 6.07) is 99.6. The van der Waals surface area contributed by atoms with Gasteiger partial charge in [-0.1, -0.05) is 309 Å². The van der Waals surface area contributed by atoms with Crippen LogP contribution in [0.5, 0.6) is 0 Å². The molecule has 11 heteroatoms. The van der Waals surface area contributed by atoms with Crippen molar-refractivity contribution in [1.82, 2.24) is 39.0 Å². The molecule has 23 rings (SSSR count). The largest absolute Gasteiger partial charge is 0.455 e. The van der Waals surface area contributed by atoms with Crippen molar-refractivity contribution in [2.45, 2.75) is 0 Å². The average Bonchev–Trinajstić information content (AvgIpc) is 1.57. The van der Waals surface area contributed by atoms with E-state index in [0.717, 1.165) is 116 Å². The quantitative estimate of drug-likeness (QED) is 0.124. The third kappa shape index (κ3) is 11.0. The van der Waals surface area contributed by atoms with E-state index in [1.165, 1.54) is 10.8 Å². The Bertz CT molecular complexity index is 8120. The lowest BCUT2D eigenvalue weighted by molar-refractivity contribution is 0.665. The van der Waals surface area contributed by atoms with Gasteiger partial charge in [-0.2, -0.15) is 0 Å². The van der Waals surface area contributed by atoms with Crippen LogP contribution in [0.2, 0.25) is 0 Å². The smallest absolute Gasteiger partial charge is 0.164 e. The minimum Gasteiger partial charge on any atom is -0.455 e. The van der Waals surface area contributed by atoms with E-state index in [-0.39, 0.29) is 34.4 Å². The van der Waals surface area contributed by atoms with Crippen molar-refractivity contribution in [3.8, 4) is 113 Å². The summed E-state index contributed by atoms with van der Waals surface area (Å²) < 4.78 is 111. The second-order valence-electron chi connectivity index (χ2n) is 27.6. The lowest BCUT2D eigenvalue weighted by Crippen LogP contribution is -2.00. The minimum atomic E-state index is -0.533. The molecule has 0 aliphatic heterocycles. The third-order valence-corrected chi connectivity index (χ3v) is 21.1. The van der Waals surface area contributed by atoms with Crippen LogP contribution in [0.15, 0.2) is 389 Å². The van der Waals surface area contributed by atoms with Crippen LogP contribution in [-0.4, -0.2) is 39.0 Å². The number of aromatic nitrogens is 8.